The van der Waals surface area contributed by atoms with Crippen molar-refractivity contribution in [1.82, 2.24) is 4.98 Å². The van der Waals surface area contributed by atoms with Crippen LogP contribution in [-0.4, -0.2) is 37.5 Å². The Balaban J connectivity index is 1.71. The highest BCUT2D eigenvalue weighted by Crippen LogP contribution is 2.48. The Morgan fingerprint density at radius 2 is 1.70 bits per heavy atom. The number of ether oxygens (including phenoxy) is 2. The van der Waals surface area contributed by atoms with Crippen molar-refractivity contribution >= 4 is 33.8 Å². The minimum atomic E-state index is -4.00. The maximum atomic E-state index is 13.7. The number of benzene rings is 3. The number of hydrogen-bond donors (Lipinski definition) is 2. The zero-order chi connectivity index (χ0) is 32.1. The highest BCUT2D eigenvalue weighted by atomic mass is 35.5. The number of sulfone groups is 1. The maximum absolute atomic E-state index is 13.7. The van der Waals surface area contributed by atoms with Crippen LogP contribution in [0.15, 0.2) is 101 Å². The van der Waals surface area contributed by atoms with Gasteiger partial charge in [0.2, 0.25) is 15.7 Å². The monoisotopic (exact) mass is 636 g/mol. The Morgan fingerprint density at radius 1 is 1.00 bits per heavy atom. The first-order chi connectivity index (χ1) is 20.8. The molecule has 44 heavy (non-hydrogen) atoms. The van der Waals surface area contributed by atoms with Crippen LogP contribution in [0.2, 0.25) is 5.02 Å². The van der Waals surface area contributed by atoms with Gasteiger partial charge in [-0.15, -0.1) is 0 Å². The van der Waals surface area contributed by atoms with Gasteiger partial charge in [0.15, 0.2) is 6.29 Å². The van der Waals surface area contributed by atoms with Gasteiger partial charge >= 0.3 is 6.09 Å². The number of nitrogens with zero attached hydrogens (tertiary/aromatic N) is 1. The summed E-state index contributed by atoms with van der Waals surface area (Å²) in [5.41, 5.74) is 5.21. The predicted octanol–water partition coefficient (Wildman–Crippen LogP) is 6.68. The Bertz CT molecular complexity index is 1750. The summed E-state index contributed by atoms with van der Waals surface area (Å²) >= 11 is 6.17. The largest absolute Gasteiger partial charge is 0.449 e. The summed E-state index contributed by atoms with van der Waals surface area (Å²) in [6.07, 6.45) is 0.221. The Kier molecular flexibility index (Phi) is 9.78. The molecule has 0 fully saturated rings. The second kappa shape index (κ2) is 13.2. The Labute approximate surface area is 261 Å². The number of halogens is 1. The number of primary amides is 1. The fourth-order valence-electron chi connectivity index (χ4n) is 5.06. The maximum Gasteiger partial charge on any atom is 0.404 e. The number of carbonyl (C=O) groups excluding carboxylic acids is 2. The van der Waals surface area contributed by atoms with Gasteiger partial charge in [-0.05, 0) is 77.6 Å². The number of nitrogens with two attached hydrogens (primary N) is 1. The van der Waals surface area contributed by atoms with E-state index in [0.717, 1.165) is 0 Å². The van der Waals surface area contributed by atoms with Crippen LogP contribution < -0.4 is 10.5 Å². The molecule has 1 heterocycles. The summed E-state index contributed by atoms with van der Waals surface area (Å²) in [5, 5.41) is 11.8. The average Bonchev–Trinajstić information content (AvgIpc) is 2.99. The molecule has 0 radical (unpaired) electrons. The molecule has 3 aromatic carbocycles. The molecular weight excluding hydrogens is 604 g/mol. The van der Waals surface area contributed by atoms with E-state index in [1.807, 2.05) is 20.8 Å². The van der Waals surface area contributed by atoms with Crippen LogP contribution in [-0.2, 0) is 20.0 Å². The predicted molar refractivity (Wildman–Crippen MR) is 166 cm³/mol. The standard InChI is InChI=1S/C33H33ClN2O7S/c1-32(2,3)33(21-42-31(35)39,19-29(38)22-7-4-9-25(34)17-22)24-12-14-27(15-13-24)44(40,41)28-11-5-10-26(18-28)43-30-23(20-37)8-6-16-36-30/h4-18,20,29,38H,19,21H2,1-3H3,(H2,35,39)/t29-,33?/m1/s1. The van der Waals surface area contributed by atoms with Gasteiger partial charge in [-0.3, -0.25) is 4.79 Å². The molecule has 9 nitrogen and oxygen atoms in total. The molecule has 0 aliphatic heterocycles. The van der Waals surface area contributed by atoms with Crippen LogP contribution in [0.3, 0.4) is 0 Å². The first-order valence-corrected chi connectivity index (χ1v) is 15.5. The van der Waals surface area contributed by atoms with Crippen LogP contribution in [0.1, 0.15) is 54.8 Å². The number of aldehydes is 1. The third-order valence-corrected chi connectivity index (χ3v) is 9.65. The van der Waals surface area contributed by atoms with E-state index < -0.39 is 32.9 Å². The van der Waals surface area contributed by atoms with E-state index in [1.165, 1.54) is 42.6 Å². The van der Waals surface area contributed by atoms with Crippen LogP contribution in [0.4, 0.5) is 4.79 Å². The van der Waals surface area contributed by atoms with Gasteiger partial charge in [0, 0.05) is 16.6 Å². The molecule has 0 aliphatic carbocycles. The summed E-state index contributed by atoms with van der Waals surface area (Å²) < 4.78 is 38.4. The smallest absolute Gasteiger partial charge is 0.404 e. The van der Waals surface area contributed by atoms with Crippen molar-refractivity contribution in [2.75, 3.05) is 6.61 Å². The summed E-state index contributed by atoms with van der Waals surface area (Å²) in [4.78, 5) is 27.1. The molecule has 11 heteroatoms. The SMILES string of the molecule is CC(C)(C)C(COC(N)=O)(C[C@@H](O)c1cccc(Cl)c1)c1ccc(S(=O)(=O)c2cccc(Oc3ncccc3C=O)c2)cc1. The van der Waals surface area contributed by atoms with Crippen molar-refractivity contribution in [2.45, 2.75) is 48.5 Å². The molecule has 0 saturated carbocycles. The summed E-state index contributed by atoms with van der Waals surface area (Å²) in [6.45, 7) is 5.66. The number of aliphatic hydroxyl groups is 1. The molecule has 4 aromatic rings. The van der Waals surface area contributed by atoms with Crippen LogP contribution in [0.25, 0.3) is 0 Å². The molecule has 0 saturated heterocycles. The molecule has 230 valence electrons. The van der Waals surface area contributed by atoms with Gasteiger partial charge in [0.25, 0.3) is 0 Å². The quantitative estimate of drug-likeness (QED) is 0.173. The number of rotatable bonds is 11. The van der Waals surface area contributed by atoms with Gasteiger partial charge in [-0.25, -0.2) is 18.2 Å². The average molecular weight is 637 g/mol. The van der Waals surface area contributed by atoms with E-state index in [4.69, 9.17) is 26.8 Å². The number of amides is 1. The molecule has 1 amide bonds. The van der Waals surface area contributed by atoms with Gasteiger partial charge < -0.3 is 20.3 Å². The molecule has 0 bridgehead atoms. The van der Waals surface area contributed by atoms with Crippen LogP contribution in [0.5, 0.6) is 11.6 Å². The van der Waals surface area contributed by atoms with Gasteiger partial charge in [-0.1, -0.05) is 62.7 Å². The first kappa shape index (κ1) is 32.7. The van der Waals surface area contributed by atoms with Crippen molar-refractivity contribution in [3.05, 3.63) is 113 Å². The first-order valence-electron chi connectivity index (χ1n) is 13.7. The second-order valence-electron chi connectivity index (χ2n) is 11.3. The molecule has 0 spiro atoms. The molecular formula is C33H33ClN2O7S. The molecule has 1 aromatic heterocycles. The van der Waals surface area contributed by atoms with E-state index in [9.17, 15) is 23.1 Å². The summed E-state index contributed by atoms with van der Waals surface area (Å²) in [6, 6.07) is 22.1. The molecule has 2 atom stereocenters. The fourth-order valence-corrected chi connectivity index (χ4v) is 6.55. The van der Waals surface area contributed by atoms with E-state index in [-0.39, 0.29) is 40.0 Å². The minimum absolute atomic E-state index is 0.0128. The third-order valence-electron chi connectivity index (χ3n) is 7.65. The van der Waals surface area contributed by atoms with Gasteiger partial charge in [-0.2, -0.15) is 0 Å². The molecule has 0 aliphatic rings. The number of aromatic nitrogens is 1. The lowest BCUT2D eigenvalue weighted by atomic mass is 9.60. The number of hydrogen-bond acceptors (Lipinski definition) is 8. The molecule has 4 rings (SSSR count). The highest BCUT2D eigenvalue weighted by molar-refractivity contribution is 7.91. The molecule has 1 unspecified atom stereocenters. The lowest BCUT2D eigenvalue weighted by molar-refractivity contribution is 0.0223. The van der Waals surface area contributed by atoms with Crippen molar-refractivity contribution in [2.24, 2.45) is 11.1 Å². The Hall–Kier alpha value is -4.25. The number of carbonyl (C=O) groups is 2. The summed E-state index contributed by atoms with van der Waals surface area (Å²) in [5.74, 6) is 0.243. The molecule has 3 N–H and O–H groups in total. The number of pyridine rings is 1. The zero-order valence-corrected chi connectivity index (χ0v) is 26.0. The normalized spacial score (nSPS) is 13.8. The zero-order valence-electron chi connectivity index (χ0n) is 24.4. The topological polar surface area (TPSA) is 146 Å². The van der Waals surface area contributed by atoms with E-state index in [0.29, 0.717) is 22.4 Å². The van der Waals surface area contributed by atoms with Gasteiger partial charge in [0.1, 0.15) is 12.4 Å². The lowest BCUT2D eigenvalue weighted by Crippen LogP contribution is -2.46. The van der Waals surface area contributed by atoms with Gasteiger partial charge in [0.05, 0.1) is 21.5 Å². The van der Waals surface area contributed by atoms with Crippen molar-refractivity contribution in [1.29, 1.82) is 0 Å². The van der Waals surface area contributed by atoms with E-state index in [1.54, 1.807) is 48.5 Å². The van der Waals surface area contributed by atoms with E-state index >= 15 is 0 Å². The lowest BCUT2D eigenvalue weighted by Gasteiger charge is -2.46. The van der Waals surface area contributed by atoms with E-state index in [2.05, 4.69) is 4.98 Å². The van der Waals surface area contributed by atoms with Crippen molar-refractivity contribution in [3.63, 3.8) is 0 Å². The highest BCUT2D eigenvalue weighted by Gasteiger charge is 2.46. The fraction of sp³-hybridized carbons (Fsp3) is 0.242. The second-order valence-corrected chi connectivity index (χ2v) is 13.7. The Morgan fingerprint density at radius 3 is 2.34 bits per heavy atom. The van der Waals surface area contributed by atoms with Crippen molar-refractivity contribution < 1.29 is 32.6 Å². The third kappa shape index (κ3) is 7.10. The number of aliphatic hydroxyl groups excluding tert-OH is 1. The van der Waals surface area contributed by atoms with Crippen LogP contribution in [0, 0.1) is 5.41 Å². The minimum Gasteiger partial charge on any atom is -0.449 e. The van der Waals surface area contributed by atoms with Crippen LogP contribution >= 0.6 is 11.6 Å². The van der Waals surface area contributed by atoms with Crippen molar-refractivity contribution in [3.8, 4) is 11.6 Å². The summed E-state index contributed by atoms with van der Waals surface area (Å²) in [7, 11) is -4.00.